The van der Waals surface area contributed by atoms with E-state index in [-0.39, 0.29) is 11.9 Å². The van der Waals surface area contributed by atoms with E-state index >= 15 is 0 Å². The minimum absolute atomic E-state index is 0.0140. The lowest BCUT2D eigenvalue weighted by molar-refractivity contribution is -0.121. The predicted molar refractivity (Wildman–Crippen MR) is 96.2 cm³/mol. The number of amides is 1. The maximum absolute atomic E-state index is 12.3. The molecule has 1 fully saturated rings. The minimum atomic E-state index is 0.0140. The molecule has 0 aliphatic carbocycles. The molecule has 1 aromatic carbocycles. The van der Waals surface area contributed by atoms with Gasteiger partial charge in [-0.1, -0.05) is 12.1 Å². The lowest BCUT2D eigenvalue weighted by atomic mass is 10.1. The molecule has 132 valence electrons. The van der Waals surface area contributed by atoms with E-state index in [1.807, 2.05) is 36.4 Å². The molecule has 3 rings (SSSR count). The Morgan fingerprint density at radius 2 is 2.08 bits per heavy atom. The number of pyridine rings is 1. The van der Waals surface area contributed by atoms with Crippen LogP contribution in [0, 0.1) is 0 Å². The molecule has 0 bridgehead atoms. The first-order valence-electron chi connectivity index (χ1n) is 8.36. The number of carbonyl (C=O) groups is 1. The smallest absolute Gasteiger partial charge is 0.224 e. The van der Waals surface area contributed by atoms with Crippen molar-refractivity contribution in [3.8, 4) is 11.5 Å². The van der Waals surface area contributed by atoms with Gasteiger partial charge in [-0.2, -0.15) is 0 Å². The molecule has 2 heterocycles. The molecule has 6 heteroatoms. The first-order valence-corrected chi connectivity index (χ1v) is 8.36. The third-order valence-corrected chi connectivity index (χ3v) is 4.34. The molecule has 2 aromatic rings. The summed E-state index contributed by atoms with van der Waals surface area (Å²) in [6.45, 7) is 1.69. The number of hydrogen-bond acceptors (Lipinski definition) is 5. The monoisotopic (exact) mass is 341 g/mol. The Balaban J connectivity index is 1.55. The van der Waals surface area contributed by atoms with Crippen LogP contribution in [0.5, 0.6) is 11.5 Å². The highest BCUT2D eigenvalue weighted by Crippen LogP contribution is 2.27. The van der Waals surface area contributed by atoms with Gasteiger partial charge in [-0.25, -0.2) is 4.98 Å². The number of nitrogens with zero attached hydrogens (tertiary/aromatic N) is 2. The quantitative estimate of drug-likeness (QED) is 0.871. The Bertz CT molecular complexity index is 721. The van der Waals surface area contributed by atoms with E-state index in [0.717, 1.165) is 30.9 Å². The minimum Gasteiger partial charge on any atom is -0.493 e. The van der Waals surface area contributed by atoms with Crippen molar-refractivity contribution in [2.45, 2.75) is 18.9 Å². The molecule has 1 aliphatic heterocycles. The molecule has 25 heavy (non-hydrogen) atoms. The zero-order chi connectivity index (χ0) is 17.6. The number of ether oxygens (including phenoxy) is 2. The number of methoxy groups -OCH3 is 2. The van der Waals surface area contributed by atoms with Crippen molar-refractivity contribution in [2.24, 2.45) is 0 Å². The summed E-state index contributed by atoms with van der Waals surface area (Å²) in [5.74, 6) is 2.27. The van der Waals surface area contributed by atoms with E-state index in [4.69, 9.17) is 9.47 Å². The fourth-order valence-corrected chi connectivity index (χ4v) is 3.08. The average Bonchev–Trinajstić information content (AvgIpc) is 3.10. The number of hydrogen-bond donors (Lipinski definition) is 1. The summed E-state index contributed by atoms with van der Waals surface area (Å²) in [7, 11) is 3.18. The van der Waals surface area contributed by atoms with E-state index in [9.17, 15) is 4.79 Å². The van der Waals surface area contributed by atoms with Crippen LogP contribution < -0.4 is 19.7 Å². The number of rotatable bonds is 6. The van der Waals surface area contributed by atoms with Crippen LogP contribution in [0.3, 0.4) is 0 Å². The molecule has 1 aliphatic rings. The molecule has 0 saturated carbocycles. The zero-order valence-corrected chi connectivity index (χ0v) is 14.6. The fourth-order valence-electron chi connectivity index (χ4n) is 3.08. The van der Waals surface area contributed by atoms with E-state index in [0.29, 0.717) is 17.9 Å². The molecule has 6 nitrogen and oxygen atoms in total. The van der Waals surface area contributed by atoms with Gasteiger partial charge in [0.1, 0.15) is 5.82 Å². The van der Waals surface area contributed by atoms with Crippen LogP contribution in [0.25, 0.3) is 0 Å². The van der Waals surface area contributed by atoms with Gasteiger partial charge in [-0.15, -0.1) is 0 Å². The SMILES string of the molecule is COc1ccc(CC(=O)N[C@@H]2CCN(c3ccccn3)C2)cc1OC. The Labute approximate surface area is 147 Å². The van der Waals surface area contributed by atoms with Crippen molar-refractivity contribution in [1.29, 1.82) is 0 Å². The van der Waals surface area contributed by atoms with Gasteiger partial charge in [-0.05, 0) is 36.2 Å². The van der Waals surface area contributed by atoms with Crippen LogP contribution in [0.15, 0.2) is 42.6 Å². The Kier molecular flexibility index (Phi) is 5.38. The van der Waals surface area contributed by atoms with Crippen LogP contribution in [0.1, 0.15) is 12.0 Å². The third-order valence-electron chi connectivity index (χ3n) is 4.34. The second kappa shape index (κ2) is 7.88. The Hall–Kier alpha value is -2.76. The van der Waals surface area contributed by atoms with Gasteiger partial charge in [-0.3, -0.25) is 4.79 Å². The fraction of sp³-hybridized carbons (Fsp3) is 0.368. The molecule has 1 aromatic heterocycles. The summed E-state index contributed by atoms with van der Waals surface area (Å²) in [4.78, 5) is 18.9. The first kappa shape index (κ1) is 17.1. The van der Waals surface area contributed by atoms with Gasteiger partial charge in [0.2, 0.25) is 5.91 Å². The van der Waals surface area contributed by atoms with Gasteiger partial charge in [0.05, 0.1) is 20.6 Å². The number of aromatic nitrogens is 1. The second-order valence-corrected chi connectivity index (χ2v) is 6.05. The lowest BCUT2D eigenvalue weighted by Gasteiger charge is -2.17. The van der Waals surface area contributed by atoms with Crippen molar-refractivity contribution in [2.75, 3.05) is 32.2 Å². The molecule has 1 amide bonds. The molecule has 1 N–H and O–H groups in total. The van der Waals surface area contributed by atoms with Crippen molar-refractivity contribution in [3.63, 3.8) is 0 Å². The van der Waals surface area contributed by atoms with E-state index in [2.05, 4.69) is 15.2 Å². The molecular formula is C19H23N3O3. The van der Waals surface area contributed by atoms with Crippen LogP contribution in [0.4, 0.5) is 5.82 Å². The number of anilines is 1. The van der Waals surface area contributed by atoms with E-state index in [1.165, 1.54) is 0 Å². The summed E-state index contributed by atoms with van der Waals surface area (Å²) in [6, 6.07) is 11.6. The lowest BCUT2D eigenvalue weighted by Crippen LogP contribution is -2.38. The number of nitrogens with one attached hydrogen (secondary N) is 1. The summed E-state index contributed by atoms with van der Waals surface area (Å²) < 4.78 is 10.5. The Morgan fingerprint density at radius 1 is 1.24 bits per heavy atom. The van der Waals surface area contributed by atoms with Crippen LogP contribution in [-0.4, -0.2) is 44.2 Å². The van der Waals surface area contributed by atoms with Gasteiger partial charge in [0, 0.05) is 25.3 Å². The average molecular weight is 341 g/mol. The highest BCUT2D eigenvalue weighted by atomic mass is 16.5. The molecule has 0 radical (unpaired) electrons. The zero-order valence-electron chi connectivity index (χ0n) is 14.6. The maximum atomic E-state index is 12.3. The van der Waals surface area contributed by atoms with Crippen molar-refractivity contribution in [1.82, 2.24) is 10.3 Å². The van der Waals surface area contributed by atoms with Crippen molar-refractivity contribution in [3.05, 3.63) is 48.2 Å². The van der Waals surface area contributed by atoms with Crippen LogP contribution >= 0.6 is 0 Å². The second-order valence-electron chi connectivity index (χ2n) is 6.05. The van der Waals surface area contributed by atoms with Gasteiger partial charge in [0.15, 0.2) is 11.5 Å². The van der Waals surface area contributed by atoms with Gasteiger partial charge < -0.3 is 19.7 Å². The van der Waals surface area contributed by atoms with Gasteiger partial charge in [0.25, 0.3) is 0 Å². The topological polar surface area (TPSA) is 63.7 Å². The van der Waals surface area contributed by atoms with Crippen LogP contribution in [-0.2, 0) is 11.2 Å². The summed E-state index contributed by atoms with van der Waals surface area (Å²) >= 11 is 0. The predicted octanol–water partition coefficient (Wildman–Crippen LogP) is 2.04. The maximum Gasteiger partial charge on any atom is 0.224 e. The highest BCUT2D eigenvalue weighted by Gasteiger charge is 2.24. The molecule has 1 saturated heterocycles. The van der Waals surface area contributed by atoms with Crippen LogP contribution in [0.2, 0.25) is 0 Å². The van der Waals surface area contributed by atoms with E-state index < -0.39 is 0 Å². The van der Waals surface area contributed by atoms with Crippen molar-refractivity contribution >= 4 is 11.7 Å². The number of benzene rings is 1. The van der Waals surface area contributed by atoms with Gasteiger partial charge >= 0.3 is 0 Å². The summed E-state index contributed by atoms with van der Waals surface area (Å²) in [6.07, 6.45) is 3.03. The van der Waals surface area contributed by atoms with E-state index in [1.54, 1.807) is 20.4 Å². The standard InChI is InChI=1S/C19H23N3O3/c1-24-16-7-6-14(11-17(16)25-2)12-19(23)21-15-8-10-22(13-15)18-5-3-4-9-20-18/h3-7,9,11,15H,8,10,12-13H2,1-2H3,(H,21,23)/t15-/m1/s1. The molecule has 1 atom stereocenters. The summed E-state index contributed by atoms with van der Waals surface area (Å²) in [5.41, 5.74) is 0.898. The molecular weight excluding hydrogens is 318 g/mol. The third kappa shape index (κ3) is 4.21. The summed E-state index contributed by atoms with van der Waals surface area (Å²) in [5, 5.41) is 3.11. The Morgan fingerprint density at radius 3 is 2.80 bits per heavy atom. The normalized spacial score (nSPS) is 16.6. The highest BCUT2D eigenvalue weighted by molar-refractivity contribution is 5.79. The molecule has 0 spiro atoms. The largest absolute Gasteiger partial charge is 0.493 e. The van der Waals surface area contributed by atoms with Crippen molar-refractivity contribution < 1.29 is 14.3 Å². The molecule has 0 unspecified atom stereocenters. The first-order chi connectivity index (χ1) is 12.2. The number of carbonyl (C=O) groups excluding carboxylic acids is 1.